The Kier molecular flexibility index (Phi) is 6.59. The van der Waals surface area contributed by atoms with Gasteiger partial charge in [0.15, 0.2) is 6.10 Å². The van der Waals surface area contributed by atoms with Crippen LogP contribution < -0.4 is 10.6 Å². The highest BCUT2D eigenvalue weighted by Crippen LogP contribution is 2.16. The van der Waals surface area contributed by atoms with Crippen LogP contribution in [0, 0.1) is 11.6 Å². The molecule has 27 heavy (non-hydrogen) atoms. The molecule has 142 valence electrons. The fourth-order valence-electron chi connectivity index (χ4n) is 2.19. The molecule has 0 saturated carbocycles. The summed E-state index contributed by atoms with van der Waals surface area (Å²) in [5.41, 5.74) is 1.01. The molecule has 0 bridgehead atoms. The minimum atomic E-state index is -1.17. The van der Waals surface area contributed by atoms with Crippen LogP contribution in [-0.2, 0) is 25.5 Å². The summed E-state index contributed by atoms with van der Waals surface area (Å²) in [6, 6.07) is 9.27. The summed E-state index contributed by atoms with van der Waals surface area (Å²) in [4.78, 5) is 34.9. The zero-order valence-corrected chi connectivity index (χ0v) is 14.7. The Bertz CT molecular complexity index is 853. The summed E-state index contributed by atoms with van der Waals surface area (Å²) in [7, 11) is 0. The molecule has 2 rings (SSSR count). The second kappa shape index (κ2) is 8.88. The second-order valence-corrected chi connectivity index (χ2v) is 5.80. The Labute approximate surface area is 154 Å². The van der Waals surface area contributed by atoms with E-state index in [1.807, 2.05) is 0 Å². The Morgan fingerprint density at radius 1 is 1.04 bits per heavy atom. The van der Waals surface area contributed by atoms with E-state index in [4.69, 9.17) is 4.74 Å². The smallest absolute Gasteiger partial charge is 0.311 e. The van der Waals surface area contributed by atoms with Crippen molar-refractivity contribution in [3.8, 4) is 0 Å². The first-order chi connectivity index (χ1) is 12.7. The number of anilines is 2. The molecule has 0 unspecified atom stereocenters. The average Bonchev–Trinajstić information content (AvgIpc) is 2.58. The number of hydrogen-bond donors (Lipinski definition) is 2. The molecule has 0 fully saturated rings. The van der Waals surface area contributed by atoms with Gasteiger partial charge >= 0.3 is 5.97 Å². The normalized spacial score (nSPS) is 11.4. The Hall–Kier alpha value is -3.29. The number of amides is 2. The summed E-state index contributed by atoms with van der Waals surface area (Å²) in [6.07, 6.45) is -1.25. The maximum Gasteiger partial charge on any atom is 0.311 e. The Morgan fingerprint density at radius 3 is 2.30 bits per heavy atom. The van der Waals surface area contributed by atoms with Gasteiger partial charge in [-0.1, -0.05) is 12.1 Å². The van der Waals surface area contributed by atoms with Gasteiger partial charge in [0.05, 0.1) is 12.1 Å². The van der Waals surface area contributed by atoms with Gasteiger partial charge in [-0.2, -0.15) is 0 Å². The van der Waals surface area contributed by atoms with Gasteiger partial charge in [-0.25, -0.2) is 8.78 Å². The van der Waals surface area contributed by atoms with E-state index in [2.05, 4.69) is 10.6 Å². The number of nitrogens with one attached hydrogen (secondary N) is 2. The maximum absolute atomic E-state index is 13.5. The standard InChI is InChI=1S/C19H18F2N2O4/c1-11(19(26)23-17-8-5-14(20)10-16(17)21)27-18(25)9-13-3-6-15(7-4-13)22-12(2)24/h3-8,10-11H,9H2,1-2H3,(H,22,24)(H,23,26)/t11-/m1/s1. The van der Waals surface area contributed by atoms with Gasteiger partial charge < -0.3 is 15.4 Å². The van der Waals surface area contributed by atoms with Crippen LogP contribution in [0.1, 0.15) is 19.4 Å². The van der Waals surface area contributed by atoms with E-state index in [-0.39, 0.29) is 18.0 Å². The van der Waals surface area contributed by atoms with Crippen molar-refractivity contribution in [3.05, 3.63) is 59.7 Å². The molecule has 2 aromatic carbocycles. The average molecular weight is 376 g/mol. The van der Waals surface area contributed by atoms with Crippen molar-refractivity contribution in [3.63, 3.8) is 0 Å². The van der Waals surface area contributed by atoms with Crippen LogP contribution in [0.3, 0.4) is 0 Å². The van der Waals surface area contributed by atoms with E-state index in [9.17, 15) is 23.2 Å². The van der Waals surface area contributed by atoms with Gasteiger partial charge in [0.25, 0.3) is 5.91 Å². The van der Waals surface area contributed by atoms with Crippen LogP contribution >= 0.6 is 0 Å². The quantitative estimate of drug-likeness (QED) is 0.759. The van der Waals surface area contributed by atoms with Crippen molar-refractivity contribution in [1.29, 1.82) is 0 Å². The van der Waals surface area contributed by atoms with Gasteiger partial charge in [0, 0.05) is 18.7 Å². The first kappa shape index (κ1) is 20.0. The van der Waals surface area contributed by atoms with Gasteiger partial charge in [-0.05, 0) is 36.8 Å². The molecule has 0 heterocycles. The molecule has 0 aliphatic carbocycles. The predicted molar refractivity (Wildman–Crippen MR) is 95.0 cm³/mol. The molecular formula is C19H18F2N2O4. The lowest BCUT2D eigenvalue weighted by molar-refractivity contribution is -0.152. The third kappa shape index (κ3) is 6.18. The molecule has 2 aromatic rings. The fraction of sp³-hybridized carbons (Fsp3) is 0.211. The molecule has 2 amide bonds. The lowest BCUT2D eigenvalue weighted by atomic mass is 10.1. The number of rotatable bonds is 6. The van der Waals surface area contributed by atoms with Crippen LogP contribution in [0.15, 0.2) is 42.5 Å². The molecule has 6 nitrogen and oxygen atoms in total. The maximum atomic E-state index is 13.5. The van der Waals surface area contributed by atoms with E-state index >= 15 is 0 Å². The van der Waals surface area contributed by atoms with Crippen molar-refractivity contribution in [2.24, 2.45) is 0 Å². The van der Waals surface area contributed by atoms with Crippen LogP contribution in [-0.4, -0.2) is 23.9 Å². The number of hydrogen-bond acceptors (Lipinski definition) is 4. The zero-order chi connectivity index (χ0) is 20.0. The highest BCUT2D eigenvalue weighted by molar-refractivity contribution is 5.95. The SMILES string of the molecule is CC(=O)Nc1ccc(CC(=O)O[C@H](C)C(=O)Nc2ccc(F)cc2F)cc1. The lowest BCUT2D eigenvalue weighted by Gasteiger charge is -2.14. The summed E-state index contributed by atoms with van der Waals surface area (Å²) < 4.78 is 31.4. The molecule has 0 spiro atoms. The topological polar surface area (TPSA) is 84.5 Å². The summed E-state index contributed by atoms with van der Waals surface area (Å²) >= 11 is 0. The third-order valence-electron chi connectivity index (χ3n) is 3.49. The number of halogens is 2. The first-order valence-electron chi connectivity index (χ1n) is 8.06. The van der Waals surface area contributed by atoms with E-state index in [0.717, 1.165) is 12.1 Å². The highest BCUT2D eigenvalue weighted by Gasteiger charge is 2.19. The number of carbonyl (C=O) groups excluding carboxylic acids is 3. The zero-order valence-electron chi connectivity index (χ0n) is 14.7. The number of carbonyl (C=O) groups is 3. The van der Waals surface area contributed by atoms with Crippen molar-refractivity contribution in [2.75, 3.05) is 10.6 Å². The second-order valence-electron chi connectivity index (χ2n) is 5.80. The van der Waals surface area contributed by atoms with Crippen molar-refractivity contribution in [2.45, 2.75) is 26.4 Å². The van der Waals surface area contributed by atoms with E-state index in [1.54, 1.807) is 24.3 Å². The molecule has 2 N–H and O–H groups in total. The highest BCUT2D eigenvalue weighted by atomic mass is 19.1. The van der Waals surface area contributed by atoms with Crippen LogP contribution in [0.2, 0.25) is 0 Å². The van der Waals surface area contributed by atoms with Gasteiger partial charge in [-0.3, -0.25) is 14.4 Å². The van der Waals surface area contributed by atoms with Crippen molar-refractivity contribution >= 4 is 29.2 Å². The first-order valence-corrected chi connectivity index (χ1v) is 8.06. The van der Waals surface area contributed by atoms with E-state index < -0.39 is 29.6 Å². The third-order valence-corrected chi connectivity index (χ3v) is 3.49. The number of ether oxygens (including phenoxy) is 1. The number of benzene rings is 2. The predicted octanol–water partition coefficient (Wildman–Crippen LogP) is 3.04. The van der Waals surface area contributed by atoms with Crippen LogP contribution in [0.25, 0.3) is 0 Å². The minimum Gasteiger partial charge on any atom is -0.452 e. The number of esters is 1. The molecule has 0 aliphatic rings. The summed E-state index contributed by atoms with van der Waals surface area (Å²) in [6.45, 7) is 2.73. The van der Waals surface area contributed by atoms with Gasteiger partial charge in [0.2, 0.25) is 5.91 Å². The van der Waals surface area contributed by atoms with Crippen molar-refractivity contribution in [1.82, 2.24) is 0 Å². The molecule has 0 radical (unpaired) electrons. The van der Waals surface area contributed by atoms with Crippen LogP contribution in [0.5, 0.6) is 0 Å². The minimum absolute atomic E-state index is 0.0805. The molecule has 0 saturated heterocycles. The molecular weight excluding hydrogens is 358 g/mol. The van der Waals surface area contributed by atoms with E-state index in [1.165, 1.54) is 13.8 Å². The largest absolute Gasteiger partial charge is 0.452 e. The molecule has 1 atom stereocenters. The van der Waals surface area contributed by atoms with Crippen LogP contribution in [0.4, 0.5) is 20.2 Å². The van der Waals surface area contributed by atoms with Crippen molar-refractivity contribution < 1.29 is 27.9 Å². The molecule has 8 heteroatoms. The van der Waals surface area contributed by atoms with Gasteiger partial charge in [-0.15, -0.1) is 0 Å². The molecule has 0 aromatic heterocycles. The molecule has 0 aliphatic heterocycles. The van der Waals surface area contributed by atoms with E-state index in [0.29, 0.717) is 17.3 Å². The lowest BCUT2D eigenvalue weighted by Crippen LogP contribution is -2.30. The Balaban J connectivity index is 1.88. The Morgan fingerprint density at radius 2 is 1.70 bits per heavy atom. The summed E-state index contributed by atoms with van der Waals surface area (Å²) in [5.74, 6) is -3.30. The monoisotopic (exact) mass is 376 g/mol. The van der Waals surface area contributed by atoms with Gasteiger partial charge in [0.1, 0.15) is 11.6 Å². The summed E-state index contributed by atoms with van der Waals surface area (Å²) in [5, 5.41) is 4.84. The fourth-order valence-corrected chi connectivity index (χ4v) is 2.19.